The lowest BCUT2D eigenvalue weighted by Crippen LogP contribution is -2.11. The number of primary amides is 1. The Morgan fingerprint density at radius 3 is 2.58 bits per heavy atom. The molecule has 1 amide bonds. The number of rotatable bonds is 3. The minimum Gasteiger partial charge on any atom is -0.369 e. The van der Waals surface area contributed by atoms with Gasteiger partial charge in [0.2, 0.25) is 5.91 Å². The van der Waals surface area contributed by atoms with E-state index in [0.29, 0.717) is 6.42 Å². The van der Waals surface area contributed by atoms with Crippen LogP contribution in [0.4, 0.5) is 0 Å². The first kappa shape index (κ1) is 8.71. The van der Waals surface area contributed by atoms with Crippen molar-refractivity contribution in [2.45, 2.75) is 19.8 Å². The van der Waals surface area contributed by atoms with Gasteiger partial charge >= 0.3 is 0 Å². The van der Waals surface area contributed by atoms with Crippen LogP contribution in [0.25, 0.3) is 0 Å². The molecule has 3 nitrogen and oxygen atoms in total. The molecule has 0 fully saturated rings. The molecule has 0 unspecified atom stereocenters. The Hall–Kier alpha value is -1.38. The van der Waals surface area contributed by atoms with E-state index in [2.05, 4.69) is 0 Å². The third-order valence-corrected chi connectivity index (χ3v) is 1.79. The number of hydrogen-bond donors (Lipinski definition) is 1. The molecule has 3 heteroatoms. The highest BCUT2D eigenvalue weighted by atomic mass is 16.1. The lowest BCUT2D eigenvalue weighted by molar-refractivity contribution is -0.117. The van der Waals surface area contributed by atoms with Crippen molar-refractivity contribution in [3.8, 4) is 0 Å². The first-order valence-corrected chi connectivity index (χ1v) is 3.77. The topological polar surface area (TPSA) is 60.2 Å². The molecule has 0 atom stereocenters. The van der Waals surface area contributed by atoms with Crippen molar-refractivity contribution in [2.24, 2.45) is 5.73 Å². The predicted octanol–water partition coefficient (Wildman–Crippen LogP) is 0.707. The maximum Gasteiger partial charge on any atom is 0.221 e. The summed E-state index contributed by atoms with van der Waals surface area (Å²) in [5.74, 6) is -0.287. The number of carbonyl (C=O) groups excluding carboxylic acids is 2. The van der Waals surface area contributed by atoms with Gasteiger partial charge < -0.3 is 5.73 Å². The highest BCUT2D eigenvalue weighted by molar-refractivity contribution is 5.95. The summed E-state index contributed by atoms with van der Waals surface area (Å²) in [4.78, 5) is 21.4. The van der Waals surface area contributed by atoms with Crippen LogP contribution in [0.2, 0.25) is 0 Å². The van der Waals surface area contributed by atoms with Crippen molar-refractivity contribution >= 4 is 11.7 Å². The average molecular weight is 165 g/mol. The van der Waals surface area contributed by atoms with E-state index in [9.17, 15) is 9.59 Å². The second-order valence-electron chi connectivity index (χ2n) is 2.89. The van der Waals surface area contributed by atoms with Gasteiger partial charge in [-0.1, -0.05) is 17.7 Å². The Morgan fingerprint density at radius 1 is 1.50 bits per heavy atom. The van der Waals surface area contributed by atoms with E-state index in [1.54, 1.807) is 12.2 Å². The van der Waals surface area contributed by atoms with E-state index in [1.807, 2.05) is 0 Å². The smallest absolute Gasteiger partial charge is 0.221 e. The first-order chi connectivity index (χ1) is 5.59. The number of allylic oxidation sites excluding steroid dienone is 3. The van der Waals surface area contributed by atoms with Gasteiger partial charge in [-0.2, -0.15) is 0 Å². The first-order valence-electron chi connectivity index (χ1n) is 3.77. The zero-order valence-electron chi connectivity index (χ0n) is 6.96. The summed E-state index contributed by atoms with van der Waals surface area (Å²) in [6, 6.07) is 0. The van der Waals surface area contributed by atoms with E-state index >= 15 is 0 Å². The molecule has 0 aromatic heterocycles. The van der Waals surface area contributed by atoms with Crippen molar-refractivity contribution < 1.29 is 9.59 Å². The van der Waals surface area contributed by atoms with Gasteiger partial charge in [0, 0.05) is 6.42 Å². The molecule has 2 N–H and O–H groups in total. The zero-order chi connectivity index (χ0) is 9.14. The molecule has 1 aliphatic carbocycles. The number of hydrogen-bond acceptors (Lipinski definition) is 2. The van der Waals surface area contributed by atoms with E-state index < -0.39 is 0 Å². The Kier molecular flexibility index (Phi) is 2.43. The lowest BCUT2D eigenvalue weighted by atomic mass is 10.1. The van der Waals surface area contributed by atoms with Gasteiger partial charge in [-0.25, -0.2) is 0 Å². The van der Waals surface area contributed by atoms with Gasteiger partial charge in [0.1, 0.15) is 0 Å². The number of amides is 1. The Bertz CT molecular complexity index is 287. The van der Waals surface area contributed by atoms with Gasteiger partial charge in [-0.15, -0.1) is 0 Å². The highest BCUT2D eigenvalue weighted by Gasteiger charge is 2.12. The molecule has 0 spiro atoms. The van der Waals surface area contributed by atoms with Gasteiger partial charge in [0.25, 0.3) is 0 Å². The molecule has 0 aliphatic heterocycles. The number of ketones is 1. The maximum absolute atomic E-state index is 10.9. The van der Waals surface area contributed by atoms with Gasteiger partial charge in [-0.3, -0.25) is 9.59 Å². The van der Waals surface area contributed by atoms with Crippen LogP contribution in [0.3, 0.4) is 0 Å². The second-order valence-corrected chi connectivity index (χ2v) is 2.89. The number of Topliss-reactive ketones (excluding diaryl/α,β-unsaturated/α-hetero) is 1. The fourth-order valence-corrected chi connectivity index (χ4v) is 1.17. The molecular formula is C9H11NO2. The molecule has 0 saturated carbocycles. The monoisotopic (exact) mass is 165 g/mol. The molecule has 1 aliphatic rings. The Morgan fingerprint density at radius 2 is 2.17 bits per heavy atom. The largest absolute Gasteiger partial charge is 0.369 e. The van der Waals surface area contributed by atoms with Crippen LogP contribution < -0.4 is 5.73 Å². The minimum atomic E-state index is -0.348. The molecule has 12 heavy (non-hydrogen) atoms. The van der Waals surface area contributed by atoms with Crippen molar-refractivity contribution in [2.75, 3.05) is 0 Å². The van der Waals surface area contributed by atoms with E-state index in [4.69, 9.17) is 5.73 Å². The van der Waals surface area contributed by atoms with Crippen LogP contribution in [0.5, 0.6) is 0 Å². The molecule has 64 valence electrons. The molecule has 0 bridgehead atoms. The molecule has 0 radical (unpaired) electrons. The fourth-order valence-electron chi connectivity index (χ4n) is 1.17. The third-order valence-electron chi connectivity index (χ3n) is 1.79. The van der Waals surface area contributed by atoms with Crippen molar-refractivity contribution in [1.82, 2.24) is 0 Å². The summed E-state index contributed by atoms with van der Waals surface area (Å²) < 4.78 is 0. The summed E-state index contributed by atoms with van der Waals surface area (Å²) in [6.45, 7) is 1.52. The van der Waals surface area contributed by atoms with Crippen LogP contribution in [-0.2, 0) is 9.59 Å². The quantitative estimate of drug-likeness (QED) is 0.669. The van der Waals surface area contributed by atoms with Gasteiger partial charge in [-0.05, 0) is 18.9 Å². The van der Waals surface area contributed by atoms with Crippen molar-refractivity contribution in [1.29, 1.82) is 0 Å². The summed E-state index contributed by atoms with van der Waals surface area (Å²) in [6.07, 6.45) is 4.38. The van der Waals surface area contributed by atoms with Crippen LogP contribution in [0, 0.1) is 0 Å². The standard InChI is InChI=1S/C9H11NO2/c1-6(11)8-3-2-7(4-8)5-9(10)12/h2-3H,4-5H2,1H3,(H2,10,12). The maximum atomic E-state index is 10.9. The number of carbonyl (C=O) groups is 2. The van der Waals surface area contributed by atoms with Crippen molar-refractivity contribution in [3.05, 3.63) is 23.3 Å². The lowest BCUT2D eigenvalue weighted by Gasteiger charge is -1.98. The van der Waals surface area contributed by atoms with Crippen LogP contribution in [0.15, 0.2) is 23.3 Å². The molecule has 0 aromatic rings. The fraction of sp³-hybridized carbons (Fsp3) is 0.333. The van der Waals surface area contributed by atoms with Crippen LogP contribution in [-0.4, -0.2) is 11.7 Å². The highest BCUT2D eigenvalue weighted by Crippen LogP contribution is 2.21. The summed E-state index contributed by atoms with van der Waals surface area (Å²) in [5.41, 5.74) is 6.69. The second kappa shape index (κ2) is 3.34. The van der Waals surface area contributed by atoms with Crippen LogP contribution in [0.1, 0.15) is 19.8 Å². The predicted molar refractivity (Wildman–Crippen MR) is 45.3 cm³/mol. The minimum absolute atomic E-state index is 0.0609. The van der Waals surface area contributed by atoms with Gasteiger partial charge in [0.05, 0.1) is 0 Å². The normalized spacial score (nSPS) is 15.4. The SMILES string of the molecule is CC(=O)C1=CC=C(CC(N)=O)C1. The molecule has 1 rings (SSSR count). The summed E-state index contributed by atoms with van der Waals surface area (Å²) in [7, 11) is 0. The van der Waals surface area contributed by atoms with E-state index in [1.165, 1.54) is 6.92 Å². The van der Waals surface area contributed by atoms with Crippen LogP contribution >= 0.6 is 0 Å². The number of nitrogens with two attached hydrogens (primary N) is 1. The Labute approximate surface area is 70.9 Å². The average Bonchev–Trinajstić information content (AvgIpc) is 2.34. The van der Waals surface area contributed by atoms with Crippen molar-refractivity contribution in [3.63, 3.8) is 0 Å². The van der Waals surface area contributed by atoms with E-state index in [-0.39, 0.29) is 18.1 Å². The third kappa shape index (κ3) is 2.05. The van der Waals surface area contributed by atoms with Gasteiger partial charge in [0.15, 0.2) is 5.78 Å². The molecule has 0 aromatic carbocycles. The van der Waals surface area contributed by atoms with E-state index in [0.717, 1.165) is 11.1 Å². The molecular weight excluding hydrogens is 154 g/mol. The molecule has 0 heterocycles. The zero-order valence-corrected chi connectivity index (χ0v) is 6.96. The summed E-state index contributed by atoms with van der Waals surface area (Å²) >= 11 is 0. The summed E-state index contributed by atoms with van der Waals surface area (Å²) in [5, 5.41) is 0. The molecule has 0 saturated heterocycles. The Balaban J connectivity index is 2.50.